The predicted molar refractivity (Wildman–Crippen MR) is 84.4 cm³/mol. The van der Waals surface area contributed by atoms with Crippen LogP contribution in [0.3, 0.4) is 0 Å². The highest BCUT2D eigenvalue weighted by atomic mass is 19.1. The largest absolute Gasteiger partial charge is 0.478 e. The number of halogens is 1. The monoisotopic (exact) mass is 311 g/mol. The summed E-state index contributed by atoms with van der Waals surface area (Å²) in [6, 6.07) is 13.4. The van der Waals surface area contributed by atoms with Gasteiger partial charge in [0.1, 0.15) is 5.82 Å². The van der Waals surface area contributed by atoms with Crippen molar-refractivity contribution in [2.24, 2.45) is 0 Å². The molecule has 116 valence electrons. The van der Waals surface area contributed by atoms with E-state index in [-0.39, 0.29) is 5.56 Å². The topological polar surface area (TPSA) is 67.2 Å². The van der Waals surface area contributed by atoms with Crippen molar-refractivity contribution in [1.29, 1.82) is 0 Å². The molecule has 0 atom stereocenters. The average molecular weight is 311 g/mol. The minimum absolute atomic E-state index is 0.124. The summed E-state index contributed by atoms with van der Waals surface area (Å²) < 4.78 is 14.9. The molecular weight excluding hydrogens is 297 g/mol. The van der Waals surface area contributed by atoms with Crippen LogP contribution in [0.4, 0.5) is 15.8 Å². The molecule has 0 bridgehead atoms. The van der Waals surface area contributed by atoms with Gasteiger partial charge >= 0.3 is 5.97 Å². The van der Waals surface area contributed by atoms with Gasteiger partial charge in [-0.3, -0.25) is 4.68 Å². The van der Waals surface area contributed by atoms with Crippen LogP contribution in [0.5, 0.6) is 0 Å². The van der Waals surface area contributed by atoms with Crippen LogP contribution in [0.2, 0.25) is 0 Å². The van der Waals surface area contributed by atoms with Gasteiger partial charge in [0.05, 0.1) is 29.7 Å². The van der Waals surface area contributed by atoms with Gasteiger partial charge in [0.15, 0.2) is 0 Å². The lowest BCUT2D eigenvalue weighted by molar-refractivity contribution is 0.0697. The van der Waals surface area contributed by atoms with Gasteiger partial charge in [-0.1, -0.05) is 30.3 Å². The highest BCUT2D eigenvalue weighted by molar-refractivity contribution is 5.95. The zero-order valence-corrected chi connectivity index (χ0v) is 12.1. The normalized spacial score (nSPS) is 10.5. The number of hydrogen-bond acceptors (Lipinski definition) is 3. The lowest BCUT2D eigenvalue weighted by Gasteiger charge is -2.07. The van der Waals surface area contributed by atoms with Crippen molar-refractivity contribution in [2.45, 2.75) is 6.54 Å². The molecule has 1 aromatic heterocycles. The number of carbonyl (C=O) groups is 1. The molecule has 0 spiro atoms. The first-order chi connectivity index (χ1) is 11.1. The molecule has 2 N–H and O–H groups in total. The molecule has 3 rings (SSSR count). The van der Waals surface area contributed by atoms with E-state index in [1.54, 1.807) is 17.1 Å². The molecule has 0 radical (unpaired) electrons. The van der Waals surface area contributed by atoms with Crippen LogP contribution in [-0.2, 0) is 6.54 Å². The SMILES string of the molecule is O=C(O)c1cc(F)ccc1Nc1cnn(Cc2ccccc2)c1. The Morgan fingerprint density at radius 2 is 2.00 bits per heavy atom. The van der Waals surface area contributed by atoms with Crippen LogP contribution < -0.4 is 5.32 Å². The Morgan fingerprint density at radius 3 is 2.74 bits per heavy atom. The van der Waals surface area contributed by atoms with Crippen molar-refractivity contribution in [2.75, 3.05) is 5.32 Å². The summed E-state index contributed by atoms with van der Waals surface area (Å²) in [5.74, 6) is -1.78. The minimum Gasteiger partial charge on any atom is -0.478 e. The number of benzene rings is 2. The van der Waals surface area contributed by atoms with E-state index < -0.39 is 11.8 Å². The first kappa shape index (κ1) is 14.8. The Balaban J connectivity index is 1.78. The van der Waals surface area contributed by atoms with Gasteiger partial charge in [-0.05, 0) is 23.8 Å². The van der Waals surface area contributed by atoms with E-state index in [1.165, 1.54) is 12.1 Å². The molecule has 0 fully saturated rings. The number of rotatable bonds is 5. The number of nitrogens with zero attached hydrogens (tertiary/aromatic N) is 2. The summed E-state index contributed by atoms with van der Waals surface area (Å²) in [5.41, 5.74) is 1.93. The van der Waals surface area contributed by atoms with E-state index in [2.05, 4.69) is 10.4 Å². The van der Waals surface area contributed by atoms with E-state index in [0.717, 1.165) is 11.6 Å². The molecular formula is C17H14FN3O2. The third kappa shape index (κ3) is 3.55. The summed E-state index contributed by atoms with van der Waals surface area (Å²) in [5, 5.41) is 16.3. The van der Waals surface area contributed by atoms with Gasteiger partial charge in [-0.2, -0.15) is 5.10 Å². The van der Waals surface area contributed by atoms with Crippen LogP contribution in [0.15, 0.2) is 60.9 Å². The number of anilines is 2. The van der Waals surface area contributed by atoms with Crippen molar-refractivity contribution >= 4 is 17.3 Å². The number of nitrogens with one attached hydrogen (secondary N) is 1. The molecule has 0 aliphatic carbocycles. The molecule has 3 aromatic rings. The highest BCUT2D eigenvalue weighted by Crippen LogP contribution is 2.22. The molecule has 6 heteroatoms. The van der Waals surface area contributed by atoms with Crippen molar-refractivity contribution in [3.05, 3.63) is 77.9 Å². The molecule has 2 aromatic carbocycles. The number of carboxylic acids is 1. The summed E-state index contributed by atoms with van der Waals surface area (Å²) in [6.07, 6.45) is 3.36. The lowest BCUT2D eigenvalue weighted by Crippen LogP contribution is -2.03. The summed E-state index contributed by atoms with van der Waals surface area (Å²) in [7, 11) is 0. The van der Waals surface area contributed by atoms with Gasteiger partial charge in [-0.25, -0.2) is 9.18 Å². The number of hydrogen-bond donors (Lipinski definition) is 2. The van der Waals surface area contributed by atoms with Gasteiger partial charge in [0.25, 0.3) is 0 Å². The fourth-order valence-corrected chi connectivity index (χ4v) is 2.24. The van der Waals surface area contributed by atoms with E-state index in [1.807, 2.05) is 30.3 Å². The van der Waals surface area contributed by atoms with Gasteiger partial charge in [0.2, 0.25) is 0 Å². The Kier molecular flexibility index (Phi) is 4.05. The van der Waals surface area contributed by atoms with Crippen LogP contribution in [0.1, 0.15) is 15.9 Å². The quantitative estimate of drug-likeness (QED) is 0.756. The van der Waals surface area contributed by atoms with Crippen molar-refractivity contribution in [1.82, 2.24) is 9.78 Å². The number of carboxylic acid groups (broad SMARTS) is 1. The average Bonchev–Trinajstić information content (AvgIpc) is 2.97. The van der Waals surface area contributed by atoms with Gasteiger partial charge < -0.3 is 10.4 Å². The fourth-order valence-electron chi connectivity index (χ4n) is 2.24. The Hall–Kier alpha value is -3.15. The van der Waals surface area contributed by atoms with E-state index in [0.29, 0.717) is 17.9 Å². The van der Waals surface area contributed by atoms with E-state index in [4.69, 9.17) is 5.11 Å². The second-order valence-corrected chi connectivity index (χ2v) is 5.03. The Morgan fingerprint density at radius 1 is 1.22 bits per heavy atom. The van der Waals surface area contributed by atoms with Crippen LogP contribution >= 0.6 is 0 Å². The third-order valence-corrected chi connectivity index (χ3v) is 3.31. The van der Waals surface area contributed by atoms with Gasteiger partial charge in [-0.15, -0.1) is 0 Å². The standard InChI is InChI=1S/C17H14FN3O2/c18-13-6-7-16(15(8-13)17(22)23)20-14-9-19-21(11-14)10-12-4-2-1-3-5-12/h1-9,11,20H,10H2,(H,22,23). The van der Waals surface area contributed by atoms with Crippen molar-refractivity contribution < 1.29 is 14.3 Å². The highest BCUT2D eigenvalue weighted by Gasteiger charge is 2.12. The molecule has 0 saturated carbocycles. The molecule has 0 amide bonds. The first-order valence-corrected chi connectivity index (χ1v) is 6.98. The summed E-state index contributed by atoms with van der Waals surface area (Å²) in [6.45, 7) is 0.609. The van der Waals surface area contributed by atoms with Crippen LogP contribution in [0, 0.1) is 5.82 Å². The van der Waals surface area contributed by atoms with E-state index >= 15 is 0 Å². The second-order valence-electron chi connectivity index (χ2n) is 5.03. The van der Waals surface area contributed by atoms with Crippen molar-refractivity contribution in [3.8, 4) is 0 Å². The molecule has 0 aliphatic rings. The third-order valence-electron chi connectivity index (χ3n) is 3.31. The maximum absolute atomic E-state index is 13.2. The molecule has 0 aliphatic heterocycles. The molecule has 5 nitrogen and oxygen atoms in total. The summed E-state index contributed by atoms with van der Waals surface area (Å²) in [4.78, 5) is 11.2. The van der Waals surface area contributed by atoms with Crippen molar-refractivity contribution in [3.63, 3.8) is 0 Å². The second kappa shape index (κ2) is 6.31. The molecule has 0 unspecified atom stereocenters. The predicted octanol–water partition coefficient (Wildman–Crippen LogP) is 3.51. The van der Waals surface area contributed by atoms with Crippen LogP contribution in [-0.4, -0.2) is 20.9 Å². The zero-order valence-electron chi connectivity index (χ0n) is 12.1. The maximum Gasteiger partial charge on any atom is 0.337 e. The lowest BCUT2D eigenvalue weighted by atomic mass is 10.1. The maximum atomic E-state index is 13.2. The van der Waals surface area contributed by atoms with E-state index in [9.17, 15) is 9.18 Å². The molecule has 23 heavy (non-hydrogen) atoms. The van der Waals surface area contributed by atoms with Crippen LogP contribution in [0.25, 0.3) is 0 Å². The summed E-state index contributed by atoms with van der Waals surface area (Å²) >= 11 is 0. The first-order valence-electron chi connectivity index (χ1n) is 6.98. The number of aromatic nitrogens is 2. The Bertz CT molecular complexity index is 831. The Labute approximate surface area is 132 Å². The fraction of sp³-hybridized carbons (Fsp3) is 0.0588. The van der Waals surface area contributed by atoms with Gasteiger partial charge in [0, 0.05) is 6.20 Å². The zero-order chi connectivity index (χ0) is 16.2. The minimum atomic E-state index is -1.19. The molecule has 0 saturated heterocycles. The number of aromatic carboxylic acids is 1. The smallest absolute Gasteiger partial charge is 0.337 e. The molecule has 1 heterocycles.